The second-order valence-electron chi connectivity index (χ2n) is 5.11. The van der Waals surface area contributed by atoms with Gasteiger partial charge in [-0.05, 0) is 19.3 Å². The Morgan fingerprint density at radius 2 is 2.06 bits per heavy atom. The van der Waals surface area contributed by atoms with E-state index >= 15 is 0 Å². The summed E-state index contributed by atoms with van der Waals surface area (Å²) in [4.78, 5) is 14.2. The van der Waals surface area contributed by atoms with E-state index in [1.54, 1.807) is 4.90 Å². The van der Waals surface area contributed by atoms with Gasteiger partial charge in [-0.3, -0.25) is 4.79 Å². The molecular formula is C13H25N3O2. The van der Waals surface area contributed by atoms with E-state index in [4.69, 9.17) is 10.9 Å². The van der Waals surface area contributed by atoms with Crippen molar-refractivity contribution in [2.24, 2.45) is 16.8 Å². The summed E-state index contributed by atoms with van der Waals surface area (Å²) in [5, 5.41) is 11.8. The summed E-state index contributed by atoms with van der Waals surface area (Å²) >= 11 is 0. The van der Waals surface area contributed by atoms with Gasteiger partial charge in [-0.25, -0.2) is 0 Å². The monoisotopic (exact) mass is 255 g/mol. The van der Waals surface area contributed by atoms with Crippen LogP contribution in [-0.4, -0.2) is 34.9 Å². The van der Waals surface area contributed by atoms with Crippen LogP contribution < -0.4 is 5.73 Å². The molecule has 1 rings (SSSR count). The first kappa shape index (κ1) is 14.8. The molecule has 0 radical (unpaired) electrons. The van der Waals surface area contributed by atoms with Gasteiger partial charge in [0.2, 0.25) is 5.91 Å². The van der Waals surface area contributed by atoms with Crippen LogP contribution in [-0.2, 0) is 4.79 Å². The molecule has 0 aromatic carbocycles. The molecule has 1 saturated carbocycles. The lowest BCUT2D eigenvalue weighted by Crippen LogP contribution is -2.45. The second kappa shape index (κ2) is 7.24. The van der Waals surface area contributed by atoms with Crippen LogP contribution in [0.1, 0.15) is 51.9 Å². The number of nitrogens with zero attached hydrogens (tertiary/aromatic N) is 2. The maximum absolute atomic E-state index is 12.4. The van der Waals surface area contributed by atoms with E-state index < -0.39 is 5.92 Å². The molecule has 3 N–H and O–H groups in total. The van der Waals surface area contributed by atoms with Crippen LogP contribution in [0.15, 0.2) is 5.16 Å². The number of rotatable bonds is 5. The zero-order chi connectivity index (χ0) is 13.5. The molecule has 104 valence electrons. The summed E-state index contributed by atoms with van der Waals surface area (Å²) in [5.41, 5.74) is 5.62. The van der Waals surface area contributed by atoms with Gasteiger partial charge < -0.3 is 15.8 Å². The highest BCUT2D eigenvalue weighted by Crippen LogP contribution is 2.23. The zero-order valence-electron chi connectivity index (χ0n) is 11.4. The Morgan fingerprint density at radius 3 is 2.56 bits per heavy atom. The SMILES string of the molecule is CCCC(C(=O)N(C)C1CCCCC1)/C(N)=N/O. The van der Waals surface area contributed by atoms with Gasteiger partial charge in [-0.1, -0.05) is 37.8 Å². The van der Waals surface area contributed by atoms with E-state index in [0.29, 0.717) is 12.5 Å². The third kappa shape index (κ3) is 3.62. The number of amidine groups is 1. The summed E-state index contributed by atoms with van der Waals surface area (Å²) < 4.78 is 0. The number of carbonyl (C=O) groups is 1. The lowest BCUT2D eigenvalue weighted by molar-refractivity contribution is -0.135. The first-order valence-corrected chi connectivity index (χ1v) is 6.85. The minimum absolute atomic E-state index is 0.0148. The highest BCUT2D eigenvalue weighted by Gasteiger charge is 2.29. The van der Waals surface area contributed by atoms with Crippen LogP contribution in [0.5, 0.6) is 0 Å². The molecular weight excluding hydrogens is 230 g/mol. The lowest BCUT2D eigenvalue weighted by Gasteiger charge is -2.33. The van der Waals surface area contributed by atoms with Crippen molar-refractivity contribution in [3.8, 4) is 0 Å². The van der Waals surface area contributed by atoms with Crippen LogP contribution >= 0.6 is 0 Å². The largest absolute Gasteiger partial charge is 0.409 e. The number of hydrogen-bond donors (Lipinski definition) is 2. The maximum atomic E-state index is 12.4. The Balaban J connectivity index is 2.68. The second-order valence-corrected chi connectivity index (χ2v) is 5.11. The Labute approximate surface area is 109 Å². The predicted molar refractivity (Wildman–Crippen MR) is 71.4 cm³/mol. The molecule has 1 aliphatic carbocycles. The van der Waals surface area contributed by atoms with Gasteiger partial charge in [0.1, 0.15) is 0 Å². The third-order valence-electron chi connectivity index (χ3n) is 3.82. The zero-order valence-corrected chi connectivity index (χ0v) is 11.4. The average molecular weight is 255 g/mol. The molecule has 1 unspecified atom stereocenters. The first-order chi connectivity index (χ1) is 8.61. The Hall–Kier alpha value is -1.26. The van der Waals surface area contributed by atoms with E-state index in [1.165, 1.54) is 19.3 Å². The van der Waals surface area contributed by atoms with Gasteiger partial charge >= 0.3 is 0 Å². The van der Waals surface area contributed by atoms with Gasteiger partial charge in [0, 0.05) is 13.1 Å². The van der Waals surface area contributed by atoms with Crippen molar-refractivity contribution in [1.29, 1.82) is 0 Å². The summed E-state index contributed by atoms with van der Waals surface area (Å²) in [6.07, 6.45) is 7.23. The number of carbonyl (C=O) groups excluding carboxylic acids is 1. The Kier molecular flexibility index (Phi) is 5.95. The van der Waals surface area contributed by atoms with E-state index in [9.17, 15) is 4.79 Å². The van der Waals surface area contributed by atoms with Crippen LogP contribution in [0.3, 0.4) is 0 Å². The molecule has 1 aliphatic rings. The molecule has 0 aromatic heterocycles. The maximum Gasteiger partial charge on any atom is 0.233 e. The summed E-state index contributed by atoms with van der Waals surface area (Å²) in [7, 11) is 1.84. The molecule has 0 aliphatic heterocycles. The molecule has 0 bridgehead atoms. The van der Waals surface area contributed by atoms with E-state index in [2.05, 4.69) is 5.16 Å². The van der Waals surface area contributed by atoms with Crippen LogP contribution in [0.2, 0.25) is 0 Å². The quantitative estimate of drug-likeness (QED) is 0.341. The van der Waals surface area contributed by atoms with Gasteiger partial charge in [0.15, 0.2) is 5.84 Å². The number of hydrogen-bond acceptors (Lipinski definition) is 3. The van der Waals surface area contributed by atoms with Crippen LogP contribution in [0.25, 0.3) is 0 Å². The normalized spacial score (nSPS) is 19.6. The first-order valence-electron chi connectivity index (χ1n) is 6.85. The van der Waals surface area contributed by atoms with Crippen molar-refractivity contribution < 1.29 is 10.0 Å². The lowest BCUT2D eigenvalue weighted by atomic mass is 9.92. The number of oxime groups is 1. The van der Waals surface area contributed by atoms with Gasteiger partial charge in [0.05, 0.1) is 5.92 Å². The third-order valence-corrected chi connectivity index (χ3v) is 3.82. The summed E-state index contributed by atoms with van der Waals surface area (Å²) in [6.45, 7) is 1.99. The fourth-order valence-electron chi connectivity index (χ4n) is 2.65. The Bertz CT molecular complexity index is 299. The smallest absolute Gasteiger partial charge is 0.233 e. The molecule has 1 amide bonds. The van der Waals surface area contributed by atoms with Crippen molar-refractivity contribution >= 4 is 11.7 Å². The van der Waals surface area contributed by atoms with Crippen molar-refractivity contribution in [2.75, 3.05) is 7.05 Å². The van der Waals surface area contributed by atoms with Crippen molar-refractivity contribution in [3.63, 3.8) is 0 Å². The van der Waals surface area contributed by atoms with E-state index in [0.717, 1.165) is 19.3 Å². The Morgan fingerprint density at radius 1 is 1.44 bits per heavy atom. The van der Waals surface area contributed by atoms with Gasteiger partial charge in [0.25, 0.3) is 0 Å². The molecule has 1 fully saturated rings. The number of nitrogens with two attached hydrogens (primary N) is 1. The molecule has 0 saturated heterocycles. The van der Waals surface area contributed by atoms with E-state index in [1.807, 2.05) is 14.0 Å². The molecule has 18 heavy (non-hydrogen) atoms. The van der Waals surface area contributed by atoms with Crippen molar-refractivity contribution in [3.05, 3.63) is 0 Å². The molecule has 0 aromatic rings. The minimum Gasteiger partial charge on any atom is -0.409 e. The minimum atomic E-state index is -0.480. The average Bonchev–Trinajstić information content (AvgIpc) is 2.43. The van der Waals surface area contributed by atoms with Crippen LogP contribution in [0.4, 0.5) is 0 Å². The fraction of sp³-hybridized carbons (Fsp3) is 0.846. The van der Waals surface area contributed by atoms with Gasteiger partial charge in [-0.15, -0.1) is 0 Å². The van der Waals surface area contributed by atoms with Crippen molar-refractivity contribution in [2.45, 2.75) is 57.9 Å². The molecule has 0 heterocycles. The molecule has 1 atom stereocenters. The van der Waals surface area contributed by atoms with Crippen LogP contribution in [0, 0.1) is 5.92 Å². The molecule has 0 spiro atoms. The van der Waals surface area contributed by atoms with Crippen molar-refractivity contribution in [1.82, 2.24) is 4.90 Å². The predicted octanol–water partition coefficient (Wildman–Crippen LogP) is 1.94. The van der Waals surface area contributed by atoms with Gasteiger partial charge in [-0.2, -0.15) is 0 Å². The highest BCUT2D eigenvalue weighted by atomic mass is 16.4. The molecule has 5 heteroatoms. The molecule has 5 nitrogen and oxygen atoms in total. The van der Waals surface area contributed by atoms with E-state index in [-0.39, 0.29) is 11.7 Å². The standard InChI is InChI=1S/C13H25N3O2/c1-3-7-11(12(14)15-18)13(17)16(2)10-8-5-4-6-9-10/h10-11,18H,3-9H2,1-2H3,(H2,14,15). The summed E-state index contributed by atoms with van der Waals surface area (Å²) in [5.74, 6) is -0.463. The number of amides is 1. The highest BCUT2D eigenvalue weighted by molar-refractivity contribution is 6.02. The summed E-state index contributed by atoms with van der Waals surface area (Å²) in [6, 6.07) is 0.317. The fourth-order valence-corrected chi connectivity index (χ4v) is 2.65. The topological polar surface area (TPSA) is 78.9 Å².